The molecule has 0 aliphatic rings. The van der Waals surface area contributed by atoms with Gasteiger partial charge in [-0.25, -0.2) is 0 Å². The van der Waals surface area contributed by atoms with Crippen molar-refractivity contribution in [3.8, 4) is 5.75 Å². The summed E-state index contributed by atoms with van der Waals surface area (Å²) >= 11 is 1.60. The molecule has 0 spiro atoms. The first-order valence-corrected chi connectivity index (χ1v) is 13.2. The highest BCUT2D eigenvalue weighted by Gasteiger charge is 2.22. The molecular formula is C27H42N2O4S. The molecule has 190 valence electrons. The van der Waals surface area contributed by atoms with Gasteiger partial charge in [0.1, 0.15) is 12.4 Å². The standard InChI is InChI=1S/C27H42N2O4S/c1-6-8-24(29(5)22(4)7-2)25-13-14-26(34-25)27(30)28-15-16-31-17-18-32-19-20-33-23-11-9-21(3)10-12-23/h9-14,22,24H,6-8,15-20H2,1-5H3,(H,28,30). The molecule has 1 heterocycles. The number of amides is 1. The zero-order valence-corrected chi connectivity index (χ0v) is 22.3. The minimum Gasteiger partial charge on any atom is -0.491 e. The van der Waals surface area contributed by atoms with E-state index in [0.29, 0.717) is 51.7 Å². The fraction of sp³-hybridized carbons (Fsp3) is 0.593. The third-order valence-corrected chi connectivity index (χ3v) is 7.13. The number of benzene rings is 1. The summed E-state index contributed by atoms with van der Waals surface area (Å²) in [5, 5.41) is 2.95. The lowest BCUT2D eigenvalue weighted by atomic mass is 10.1. The molecular weight excluding hydrogens is 448 g/mol. The number of rotatable bonds is 17. The smallest absolute Gasteiger partial charge is 0.261 e. The van der Waals surface area contributed by atoms with Crippen LogP contribution >= 0.6 is 11.3 Å². The van der Waals surface area contributed by atoms with Gasteiger partial charge in [-0.3, -0.25) is 9.69 Å². The number of aryl methyl sites for hydroxylation is 1. The number of hydrogen-bond donors (Lipinski definition) is 1. The maximum atomic E-state index is 12.5. The van der Waals surface area contributed by atoms with Crippen LogP contribution in [0.5, 0.6) is 5.75 Å². The van der Waals surface area contributed by atoms with Gasteiger partial charge in [-0.15, -0.1) is 11.3 Å². The first-order chi connectivity index (χ1) is 16.5. The third-order valence-electron chi connectivity index (χ3n) is 5.94. The summed E-state index contributed by atoms with van der Waals surface area (Å²) in [4.78, 5) is 17.0. The Hall–Kier alpha value is -1.93. The minimum atomic E-state index is -0.0363. The van der Waals surface area contributed by atoms with Gasteiger partial charge >= 0.3 is 0 Å². The topological polar surface area (TPSA) is 60.0 Å². The maximum Gasteiger partial charge on any atom is 0.261 e. The van der Waals surface area contributed by atoms with E-state index in [0.717, 1.165) is 29.9 Å². The van der Waals surface area contributed by atoms with Crippen molar-refractivity contribution in [1.29, 1.82) is 0 Å². The monoisotopic (exact) mass is 490 g/mol. The summed E-state index contributed by atoms with van der Waals surface area (Å²) in [6.45, 7) is 11.7. The molecule has 2 aromatic rings. The van der Waals surface area contributed by atoms with Crippen LogP contribution < -0.4 is 10.1 Å². The fourth-order valence-electron chi connectivity index (χ4n) is 3.57. The Labute approximate surface area is 209 Å². The van der Waals surface area contributed by atoms with Crippen LogP contribution in [0.25, 0.3) is 0 Å². The molecule has 1 aromatic heterocycles. The molecule has 0 bridgehead atoms. The van der Waals surface area contributed by atoms with Gasteiger partial charge in [0.05, 0.1) is 31.3 Å². The average Bonchev–Trinajstić information content (AvgIpc) is 3.33. The van der Waals surface area contributed by atoms with Crippen molar-refractivity contribution in [2.45, 2.75) is 59.0 Å². The Kier molecular flexibility index (Phi) is 13.2. The zero-order valence-electron chi connectivity index (χ0n) is 21.5. The van der Waals surface area contributed by atoms with Crippen LogP contribution in [0.2, 0.25) is 0 Å². The molecule has 0 aliphatic carbocycles. The summed E-state index contributed by atoms with van der Waals surface area (Å²) in [6.07, 6.45) is 3.32. The SMILES string of the molecule is CCCC(c1ccc(C(=O)NCCOCCOCCOc2ccc(C)cc2)s1)N(C)C(C)CC. The Bertz CT molecular complexity index is 824. The van der Waals surface area contributed by atoms with Gasteiger partial charge in [-0.2, -0.15) is 0 Å². The number of carbonyl (C=O) groups is 1. The molecule has 1 aromatic carbocycles. The molecule has 7 heteroatoms. The number of nitrogens with one attached hydrogen (secondary N) is 1. The molecule has 0 aliphatic heterocycles. The minimum absolute atomic E-state index is 0.0363. The van der Waals surface area contributed by atoms with E-state index in [2.05, 4.69) is 44.1 Å². The average molecular weight is 491 g/mol. The first kappa shape index (κ1) is 28.3. The zero-order chi connectivity index (χ0) is 24.8. The van der Waals surface area contributed by atoms with Crippen molar-refractivity contribution in [3.63, 3.8) is 0 Å². The second kappa shape index (κ2) is 15.9. The van der Waals surface area contributed by atoms with E-state index < -0.39 is 0 Å². The highest BCUT2D eigenvalue weighted by atomic mass is 32.1. The lowest BCUT2D eigenvalue weighted by molar-refractivity contribution is 0.0370. The highest BCUT2D eigenvalue weighted by molar-refractivity contribution is 7.14. The van der Waals surface area contributed by atoms with Crippen LogP contribution in [0.3, 0.4) is 0 Å². The molecule has 6 nitrogen and oxygen atoms in total. The van der Waals surface area contributed by atoms with E-state index in [1.807, 2.05) is 37.3 Å². The molecule has 34 heavy (non-hydrogen) atoms. The molecule has 2 unspecified atom stereocenters. The van der Waals surface area contributed by atoms with Crippen molar-refractivity contribution < 1.29 is 19.0 Å². The van der Waals surface area contributed by atoms with Crippen LogP contribution in [-0.2, 0) is 9.47 Å². The summed E-state index contributed by atoms with van der Waals surface area (Å²) in [7, 11) is 2.19. The Morgan fingerprint density at radius 1 is 1.00 bits per heavy atom. The van der Waals surface area contributed by atoms with Crippen LogP contribution in [-0.4, -0.2) is 63.5 Å². The highest BCUT2D eigenvalue weighted by Crippen LogP contribution is 2.32. The van der Waals surface area contributed by atoms with Gasteiger partial charge < -0.3 is 19.5 Å². The lowest BCUT2D eigenvalue weighted by Gasteiger charge is -2.32. The largest absolute Gasteiger partial charge is 0.491 e. The van der Waals surface area contributed by atoms with Gasteiger partial charge in [0, 0.05) is 23.5 Å². The number of ether oxygens (including phenoxy) is 3. The van der Waals surface area contributed by atoms with E-state index in [-0.39, 0.29) is 5.91 Å². The van der Waals surface area contributed by atoms with Gasteiger partial charge in [0.25, 0.3) is 5.91 Å². The predicted molar refractivity (Wildman–Crippen MR) is 140 cm³/mol. The van der Waals surface area contributed by atoms with Crippen molar-refractivity contribution >= 4 is 17.2 Å². The summed E-state index contributed by atoms with van der Waals surface area (Å²) in [5.41, 5.74) is 1.21. The van der Waals surface area contributed by atoms with Crippen molar-refractivity contribution in [2.75, 3.05) is 46.6 Å². The Morgan fingerprint density at radius 3 is 2.35 bits per heavy atom. The van der Waals surface area contributed by atoms with Gasteiger partial charge in [0.15, 0.2) is 0 Å². The molecule has 1 N–H and O–H groups in total. The first-order valence-electron chi connectivity index (χ1n) is 12.4. The van der Waals surface area contributed by atoms with Crippen LogP contribution in [0.4, 0.5) is 0 Å². The Balaban J connectivity index is 1.58. The number of thiophene rings is 1. The molecule has 0 fully saturated rings. The van der Waals surface area contributed by atoms with Crippen LogP contribution in [0.1, 0.15) is 66.2 Å². The molecule has 1 amide bonds. The second-order valence-corrected chi connectivity index (χ2v) is 9.69. The van der Waals surface area contributed by atoms with Crippen molar-refractivity contribution in [3.05, 3.63) is 51.7 Å². The number of hydrogen-bond acceptors (Lipinski definition) is 6. The van der Waals surface area contributed by atoms with Crippen LogP contribution in [0, 0.1) is 6.92 Å². The molecule has 0 radical (unpaired) electrons. The van der Waals surface area contributed by atoms with Gasteiger partial charge in [-0.05, 0) is 58.0 Å². The number of nitrogens with zero attached hydrogens (tertiary/aromatic N) is 1. The van der Waals surface area contributed by atoms with Gasteiger partial charge in [0.2, 0.25) is 0 Å². The predicted octanol–water partition coefficient (Wildman–Crippen LogP) is 5.47. The van der Waals surface area contributed by atoms with E-state index in [4.69, 9.17) is 14.2 Å². The molecule has 2 atom stereocenters. The Morgan fingerprint density at radius 2 is 1.68 bits per heavy atom. The van der Waals surface area contributed by atoms with Crippen molar-refractivity contribution in [2.24, 2.45) is 0 Å². The van der Waals surface area contributed by atoms with E-state index in [1.54, 1.807) is 11.3 Å². The summed E-state index contributed by atoms with van der Waals surface area (Å²) in [5.74, 6) is 0.813. The maximum absolute atomic E-state index is 12.5. The molecule has 0 saturated carbocycles. The van der Waals surface area contributed by atoms with E-state index in [9.17, 15) is 4.79 Å². The van der Waals surface area contributed by atoms with Crippen molar-refractivity contribution in [1.82, 2.24) is 10.2 Å². The lowest BCUT2D eigenvalue weighted by Crippen LogP contribution is -2.32. The summed E-state index contributed by atoms with van der Waals surface area (Å²) < 4.78 is 16.7. The summed E-state index contributed by atoms with van der Waals surface area (Å²) in [6, 6.07) is 12.9. The third kappa shape index (κ3) is 9.74. The molecule has 2 rings (SSSR count). The number of carbonyl (C=O) groups excluding carboxylic acids is 1. The normalized spacial score (nSPS) is 13.1. The molecule has 0 saturated heterocycles. The van der Waals surface area contributed by atoms with Crippen LogP contribution in [0.15, 0.2) is 36.4 Å². The second-order valence-electron chi connectivity index (χ2n) is 8.57. The van der Waals surface area contributed by atoms with Gasteiger partial charge in [-0.1, -0.05) is 38.0 Å². The quantitative estimate of drug-likeness (QED) is 0.298. The van der Waals surface area contributed by atoms with E-state index >= 15 is 0 Å². The fourth-order valence-corrected chi connectivity index (χ4v) is 4.68. The van der Waals surface area contributed by atoms with E-state index in [1.165, 1.54) is 10.4 Å².